The van der Waals surface area contributed by atoms with E-state index in [1.165, 1.54) is 0 Å². The molecule has 7 nitrogen and oxygen atoms in total. The Balaban J connectivity index is 1.19. The van der Waals surface area contributed by atoms with Crippen molar-refractivity contribution in [2.75, 3.05) is 45.8 Å². The molecule has 1 amide bonds. The van der Waals surface area contributed by atoms with Crippen LogP contribution in [-0.4, -0.2) is 76.1 Å². The van der Waals surface area contributed by atoms with Crippen LogP contribution >= 0.6 is 0 Å². The average molecular weight is 483 g/mol. The largest absolute Gasteiger partial charge is 0.356 e. The minimum Gasteiger partial charge on any atom is -0.356 e. The van der Waals surface area contributed by atoms with E-state index in [1.807, 2.05) is 54.6 Å². The van der Waals surface area contributed by atoms with Crippen molar-refractivity contribution in [1.82, 2.24) is 29.7 Å². The van der Waals surface area contributed by atoms with Crippen LogP contribution in [0.15, 0.2) is 72.9 Å². The molecule has 0 unspecified atom stereocenters. The normalized spacial score (nSPS) is 14.8. The smallest absolute Gasteiger partial charge is 0.224 e. The highest BCUT2D eigenvalue weighted by Crippen LogP contribution is 2.27. The Morgan fingerprint density at radius 3 is 2.42 bits per heavy atom. The quantitative estimate of drug-likeness (QED) is 0.368. The number of pyridine rings is 1. The number of piperazine rings is 1. The third-order valence-electron chi connectivity index (χ3n) is 6.89. The van der Waals surface area contributed by atoms with Crippen LogP contribution in [0, 0.1) is 0 Å². The van der Waals surface area contributed by atoms with Gasteiger partial charge in [0.05, 0.1) is 6.42 Å². The Morgan fingerprint density at radius 2 is 1.67 bits per heavy atom. The standard InChI is InChI=1S/C29H34N6O/c1-2-33-18-20-34(21-19-33)17-7-16-30-27(36)22-23-11-13-25(14-12-23)35-28(24-8-4-3-5-9-24)32-26-10-6-15-31-29(26)35/h3-6,8-15H,2,7,16-22H2,1H3,(H,30,36). The summed E-state index contributed by atoms with van der Waals surface area (Å²) in [5.74, 6) is 0.921. The Labute approximate surface area is 212 Å². The second-order valence-corrected chi connectivity index (χ2v) is 9.31. The zero-order chi connectivity index (χ0) is 24.7. The van der Waals surface area contributed by atoms with E-state index < -0.39 is 0 Å². The zero-order valence-corrected chi connectivity index (χ0v) is 20.9. The summed E-state index contributed by atoms with van der Waals surface area (Å²) in [6.45, 7) is 9.67. The number of hydrogen-bond donors (Lipinski definition) is 1. The van der Waals surface area contributed by atoms with E-state index in [4.69, 9.17) is 4.98 Å². The highest BCUT2D eigenvalue weighted by atomic mass is 16.1. The van der Waals surface area contributed by atoms with Gasteiger partial charge in [0.15, 0.2) is 5.65 Å². The lowest BCUT2D eigenvalue weighted by atomic mass is 10.1. The molecule has 0 spiro atoms. The second kappa shape index (κ2) is 11.5. The molecule has 0 atom stereocenters. The molecule has 36 heavy (non-hydrogen) atoms. The summed E-state index contributed by atoms with van der Waals surface area (Å²) in [6.07, 6.45) is 3.16. The number of imidazole rings is 1. The summed E-state index contributed by atoms with van der Waals surface area (Å²) in [5.41, 5.74) is 4.67. The molecule has 0 radical (unpaired) electrons. The molecule has 2 aromatic carbocycles. The maximum absolute atomic E-state index is 12.5. The fraction of sp³-hybridized carbons (Fsp3) is 0.345. The summed E-state index contributed by atoms with van der Waals surface area (Å²) in [7, 11) is 0. The Morgan fingerprint density at radius 1 is 0.917 bits per heavy atom. The lowest BCUT2D eigenvalue weighted by molar-refractivity contribution is -0.120. The van der Waals surface area contributed by atoms with Crippen LogP contribution in [0.4, 0.5) is 0 Å². The van der Waals surface area contributed by atoms with Gasteiger partial charge in [-0.2, -0.15) is 0 Å². The van der Waals surface area contributed by atoms with E-state index in [0.29, 0.717) is 6.42 Å². The van der Waals surface area contributed by atoms with Gasteiger partial charge in [0.2, 0.25) is 5.91 Å². The summed E-state index contributed by atoms with van der Waals surface area (Å²) in [6, 6.07) is 22.2. The van der Waals surface area contributed by atoms with Crippen molar-refractivity contribution in [2.45, 2.75) is 19.8 Å². The third kappa shape index (κ3) is 5.64. The minimum absolute atomic E-state index is 0.0678. The molecule has 3 heterocycles. The predicted octanol–water partition coefficient (Wildman–Crippen LogP) is 3.77. The van der Waals surface area contributed by atoms with Crippen molar-refractivity contribution in [3.8, 4) is 17.1 Å². The van der Waals surface area contributed by atoms with Crippen LogP contribution < -0.4 is 5.32 Å². The minimum atomic E-state index is 0.0678. The number of rotatable bonds is 9. The molecule has 1 N–H and O–H groups in total. The summed E-state index contributed by atoms with van der Waals surface area (Å²) < 4.78 is 2.08. The van der Waals surface area contributed by atoms with E-state index in [-0.39, 0.29) is 5.91 Å². The first kappa shape index (κ1) is 24.2. The van der Waals surface area contributed by atoms with Crippen LogP contribution in [0.5, 0.6) is 0 Å². The SMILES string of the molecule is CCN1CCN(CCCNC(=O)Cc2ccc(-n3c(-c4ccccc4)nc4cccnc43)cc2)CC1. The number of aromatic nitrogens is 3. The fourth-order valence-corrected chi connectivity index (χ4v) is 4.81. The molecule has 1 saturated heterocycles. The maximum atomic E-state index is 12.5. The number of nitrogens with one attached hydrogen (secondary N) is 1. The van der Waals surface area contributed by atoms with Crippen molar-refractivity contribution >= 4 is 17.1 Å². The molecule has 1 aliphatic rings. The first-order valence-electron chi connectivity index (χ1n) is 12.9. The molecule has 0 aliphatic carbocycles. The van der Waals surface area contributed by atoms with E-state index in [1.54, 1.807) is 6.20 Å². The first-order chi connectivity index (χ1) is 17.7. The van der Waals surface area contributed by atoms with Gasteiger partial charge in [-0.3, -0.25) is 9.36 Å². The van der Waals surface area contributed by atoms with Crippen molar-refractivity contribution in [2.24, 2.45) is 0 Å². The summed E-state index contributed by atoms with van der Waals surface area (Å²) in [4.78, 5) is 26.9. The topological polar surface area (TPSA) is 66.3 Å². The van der Waals surface area contributed by atoms with Crippen LogP contribution in [0.2, 0.25) is 0 Å². The number of carbonyl (C=O) groups excluding carboxylic acids is 1. The number of carbonyl (C=O) groups is 1. The van der Waals surface area contributed by atoms with Crippen LogP contribution in [0.1, 0.15) is 18.9 Å². The molecule has 1 fully saturated rings. The molecule has 0 bridgehead atoms. The van der Waals surface area contributed by atoms with Crippen molar-refractivity contribution in [3.05, 3.63) is 78.5 Å². The lowest BCUT2D eigenvalue weighted by Gasteiger charge is -2.33. The Kier molecular flexibility index (Phi) is 7.69. The number of likely N-dealkylation sites (N-methyl/N-ethyl adjacent to an activating group) is 1. The molecular formula is C29H34N6O. The molecule has 5 rings (SSSR count). The van der Waals surface area contributed by atoms with Crippen molar-refractivity contribution < 1.29 is 4.79 Å². The van der Waals surface area contributed by atoms with Gasteiger partial charge >= 0.3 is 0 Å². The van der Waals surface area contributed by atoms with Gasteiger partial charge in [0.1, 0.15) is 11.3 Å². The first-order valence-corrected chi connectivity index (χ1v) is 12.9. The number of fused-ring (bicyclic) bond motifs is 1. The van der Waals surface area contributed by atoms with Crippen LogP contribution in [0.3, 0.4) is 0 Å². The van der Waals surface area contributed by atoms with Crippen LogP contribution in [-0.2, 0) is 11.2 Å². The molecule has 186 valence electrons. The average Bonchev–Trinajstić information content (AvgIpc) is 3.32. The number of hydrogen-bond acceptors (Lipinski definition) is 5. The summed E-state index contributed by atoms with van der Waals surface area (Å²) >= 11 is 0. The van der Waals surface area contributed by atoms with Gasteiger partial charge in [-0.25, -0.2) is 9.97 Å². The molecule has 4 aromatic rings. The van der Waals surface area contributed by atoms with Crippen molar-refractivity contribution in [3.63, 3.8) is 0 Å². The summed E-state index contributed by atoms with van der Waals surface area (Å²) in [5, 5.41) is 3.09. The Hall–Kier alpha value is -3.55. The highest BCUT2D eigenvalue weighted by Gasteiger charge is 2.16. The molecule has 2 aromatic heterocycles. The number of amides is 1. The molecule has 7 heteroatoms. The van der Waals surface area contributed by atoms with Gasteiger partial charge in [-0.15, -0.1) is 0 Å². The third-order valence-corrected chi connectivity index (χ3v) is 6.89. The van der Waals surface area contributed by atoms with Gasteiger partial charge in [0, 0.05) is 50.2 Å². The van der Waals surface area contributed by atoms with E-state index >= 15 is 0 Å². The Bertz CT molecular complexity index is 1280. The molecule has 1 aliphatic heterocycles. The van der Waals surface area contributed by atoms with Gasteiger partial charge in [-0.05, 0) is 49.3 Å². The fourth-order valence-electron chi connectivity index (χ4n) is 4.81. The zero-order valence-electron chi connectivity index (χ0n) is 20.9. The van der Waals surface area contributed by atoms with Crippen molar-refractivity contribution in [1.29, 1.82) is 0 Å². The highest BCUT2D eigenvalue weighted by molar-refractivity contribution is 5.80. The monoisotopic (exact) mass is 482 g/mol. The van der Waals surface area contributed by atoms with E-state index in [2.05, 4.69) is 43.7 Å². The number of nitrogens with zero attached hydrogens (tertiary/aromatic N) is 5. The second-order valence-electron chi connectivity index (χ2n) is 9.31. The molecule has 0 saturated carbocycles. The lowest BCUT2D eigenvalue weighted by Crippen LogP contribution is -2.46. The van der Waals surface area contributed by atoms with E-state index in [0.717, 1.165) is 86.0 Å². The molecular weight excluding hydrogens is 448 g/mol. The van der Waals surface area contributed by atoms with Gasteiger partial charge in [-0.1, -0.05) is 49.4 Å². The van der Waals surface area contributed by atoms with Crippen LogP contribution in [0.25, 0.3) is 28.2 Å². The predicted molar refractivity (Wildman–Crippen MR) is 144 cm³/mol. The maximum Gasteiger partial charge on any atom is 0.224 e. The van der Waals surface area contributed by atoms with Gasteiger partial charge < -0.3 is 15.1 Å². The van der Waals surface area contributed by atoms with Gasteiger partial charge in [0.25, 0.3) is 0 Å². The van der Waals surface area contributed by atoms with E-state index in [9.17, 15) is 4.79 Å². The number of benzene rings is 2.